The molecule has 0 aliphatic carbocycles. The summed E-state index contributed by atoms with van der Waals surface area (Å²) in [4.78, 5) is 18.2. The molecule has 0 aliphatic rings. The Morgan fingerprint density at radius 2 is 2.12 bits per heavy atom. The van der Waals surface area contributed by atoms with Gasteiger partial charge < -0.3 is 24.7 Å². The number of nitrogens with one attached hydrogen (secondary N) is 2. The zero-order valence-corrected chi connectivity index (χ0v) is 17.0. The van der Waals surface area contributed by atoms with Crippen LogP contribution < -0.4 is 10.6 Å². The van der Waals surface area contributed by atoms with Crippen molar-refractivity contribution in [3.05, 3.63) is 24.2 Å². The summed E-state index contributed by atoms with van der Waals surface area (Å²) in [6.07, 6.45) is 2.17. The number of guanidine groups is 1. The van der Waals surface area contributed by atoms with Gasteiger partial charge in [-0.15, -0.1) is 0 Å². The fourth-order valence-electron chi connectivity index (χ4n) is 2.29. The number of ether oxygens (including phenoxy) is 1. The Morgan fingerprint density at radius 3 is 2.69 bits per heavy atom. The molecule has 26 heavy (non-hydrogen) atoms. The van der Waals surface area contributed by atoms with Gasteiger partial charge in [0.1, 0.15) is 11.4 Å². The van der Waals surface area contributed by atoms with Crippen molar-refractivity contribution in [2.45, 2.75) is 46.6 Å². The first-order valence-electron chi connectivity index (χ1n) is 9.20. The molecule has 0 aromatic carbocycles. The molecule has 1 atom stereocenters. The van der Waals surface area contributed by atoms with Crippen molar-refractivity contribution < 1.29 is 13.9 Å². The quantitative estimate of drug-likeness (QED) is 0.546. The van der Waals surface area contributed by atoms with Crippen LogP contribution in [0.5, 0.6) is 0 Å². The second-order valence-corrected chi connectivity index (χ2v) is 7.44. The SMILES string of the molecule is CCNC(=NCC(C)CN(C)C(=O)OC(C)(C)C)NCCc1ccco1. The van der Waals surface area contributed by atoms with Gasteiger partial charge in [-0.2, -0.15) is 0 Å². The molecule has 0 aliphatic heterocycles. The smallest absolute Gasteiger partial charge is 0.410 e. The molecule has 0 saturated carbocycles. The van der Waals surface area contributed by atoms with E-state index < -0.39 is 5.60 Å². The molecule has 1 rings (SSSR count). The zero-order chi connectivity index (χ0) is 19.6. The molecule has 1 aromatic heterocycles. The maximum absolute atomic E-state index is 12.0. The third-order valence-corrected chi connectivity index (χ3v) is 3.44. The van der Waals surface area contributed by atoms with Crippen molar-refractivity contribution in [3.8, 4) is 0 Å². The van der Waals surface area contributed by atoms with Crippen LogP contribution in [0, 0.1) is 5.92 Å². The summed E-state index contributed by atoms with van der Waals surface area (Å²) in [5.41, 5.74) is -0.483. The summed E-state index contributed by atoms with van der Waals surface area (Å²) in [5, 5.41) is 6.52. The highest BCUT2D eigenvalue weighted by molar-refractivity contribution is 5.79. The maximum atomic E-state index is 12.0. The lowest BCUT2D eigenvalue weighted by atomic mass is 10.2. The molecule has 1 amide bonds. The number of nitrogens with zero attached hydrogens (tertiary/aromatic N) is 2. The molecular weight excluding hydrogens is 332 g/mol. The highest BCUT2D eigenvalue weighted by Crippen LogP contribution is 2.10. The van der Waals surface area contributed by atoms with E-state index in [2.05, 4.69) is 22.5 Å². The third-order valence-electron chi connectivity index (χ3n) is 3.44. The molecule has 0 radical (unpaired) electrons. The maximum Gasteiger partial charge on any atom is 0.410 e. The van der Waals surface area contributed by atoms with Crippen LogP contribution in [0.2, 0.25) is 0 Å². The number of hydrogen-bond acceptors (Lipinski definition) is 4. The number of carbonyl (C=O) groups is 1. The molecule has 7 nitrogen and oxygen atoms in total. The Hall–Kier alpha value is -2.18. The first-order chi connectivity index (χ1) is 12.2. The molecule has 1 unspecified atom stereocenters. The van der Waals surface area contributed by atoms with Gasteiger partial charge in [-0.1, -0.05) is 6.92 Å². The number of carbonyl (C=O) groups excluding carboxylic acids is 1. The van der Waals surface area contributed by atoms with E-state index >= 15 is 0 Å². The van der Waals surface area contributed by atoms with Gasteiger partial charge in [-0.05, 0) is 45.7 Å². The minimum absolute atomic E-state index is 0.216. The highest BCUT2D eigenvalue weighted by atomic mass is 16.6. The lowest BCUT2D eigenvalue weighted by Gasteiger charge is -2.26. The predicted molar refractivity (Wildman–Crippen MR) is 104 cm³/mol. The summed E-state index contributed by atoms with van der Waals surface area (Å²) in [6, 6.07) is 3.85. The molecule has 148 valence electrons. The zero-order valence-electron chi connectivity index (χ0n) is 17.0. The fourth-order valence-corrected chi connectivity index (χ4v) is 2.29. The molecule has 7 heteroatoms. The Bertz CT molecular complexity index is 550. The normalized spacial score (nSPS) is 13.2. The topological polar surface area (TPSA) is 79.1 Å². The van der Waals surface area contributed by atoms with E-state index in [1.54, 1.807) is 18.2 Å². The predicted octanol–water partition coefficient (Wildman–Crippen LogP) is 2.88. The molecule has 0 saturated heterocycles. The van der Waals surface area contributed by atoms with E-state index in [9.17, 15) is 4.79 Å². The van der Waals surface area contributed by atoms with Crippen LogP contribution >= 0.6 is 0 Å². The largest absolute Gasteiger partial charge is 0.469 e. The summed E-state index contributed by atoms with van der Waals surface area (Å²) in [5.74, 6) is 1.93. The number of aliphatic imine (C=N–C) groups is 1. The Balaban J connectivity index is 2.42. The minimum atomic E-state index is -0.483. The Kier molecular flexibility index (Phi) is 9.02. The number of furan rings is 1. The summed E-state index contributed by atoms with van der Waals surface area (Å²) in [6.45, 7) is 12.4. The molecule has 2 N–H and O–H groups in total. The number of rotatable bonds is 8. The van der Waals surface area contributed by atoms with Crippen LogP contribution in [-0.2, 0) is 11.2 Å². The third kappa shape index (κ3) is 9.34. The van der Waals surface area contributed by atoms with Crippen LogP contribution in [0.4, 0.5) is 4.79 Å². The standard InChI is InChI=1S/C19H34N4O3/c1-7-20-17(21-11-10-16-9-8-12-25-16)22-13-15(2)14-23(6)18(24)26-19(3,4)5/h8-9,12,15H,7,10-11,13-14H2,1-6H3,(H2,20,21,22). The van der Waals surface area contributed by atoms with Crippen molar-refractivity contribution >= 4 is 12.1 Å². The van der Waals surface area contributed by atoms with Crippen LogP contribution in [0.3, 0.4) is 0 Å². The lowest BCUT2D eigenvalue weighted by Crippen LogP contribution is -2.39. The van der Waals surface area contributed by atoms with E-state index in [4.69, 9.17) is 9.15 Å². The van der Waals surface area contributed by atoms with Gasteiger partial charge in [0.05, 0.1) is 6.26 Å². The molecule has 0 spiro atoms. The summed E-state index contributed by atoms with van der Waals surface area (Å²) < 4.78 is 10.7. The molecule has 1 heterocycles. The monoisotopic (exact) mass is 366 g/mol. The first kappa shape index (κ1) is 21.9. The molecular formula is C19H34N4O3. The van der Waals surface area contributed by atoms with Gasteiger partial charge in [0, 0.05) is 39.6 Å². The second kappa shape index (κ2) is 10.7. The van der Waals surface area contributed by atoms with Gasteiger partial charge in [0.15, 0.2) is 5.96 Å². The summed E-state index contributed by atoms with van der Waals surface area (Å²) in [7, 11) is 1.75. The van der Waals surface area contributed by atoms with Crippen molar-refractivity contribution in [2.24, 2.45) is 10.9 Å². The molecule has 0 bridgehead atoms. The van der Waals surface area contributed by atoms with Crippen LogP contribution in [-0.4, -0.2) is 55.8 Å². The van der Waals surface area contributed by atoms with Gasteiger partial charge in [0.2, 0.25) is 0 Å². The van der Waals surface area contributed by atoms with Gasteiger partial charge in [0.25, 0.3) is 0 Å². The number of amides is 1. The Morgan fingerprint density at radius 1 is 1.38 bits per heavy atom. The van der Waals surface area contributed by atoms with Crippen molar-refractivity contribution in [1.82, 2.24) is 15.5 Å². The molecule has 1 aromatic rings. The minimum Gasteiger partial charge on any atom is -0.469 e. The van der Waals surface area contributed by atoms with E-state index in [-0.39, 0.29) is 12.0 Å². The highest BCUT2D eigenvalue weighted by Gasteiger charge is 2.20. The number of hydrogen-bond donors (Lipinski definition) is 2. The average Bonchev–Trinajstić information content (AvgIpc) is 3.04. The second-order valence-electron chi connectivity index (χ2n) is 7.44. The van der Waals surface area contributed by atoms with E-state index in [1.807, 2.05) is 39.8 Å². The van der Waals surface area contributed by atoms with E-state index in [0.29, 0.717) is 13.1 Å². The van der Waals surface area contributed by atoms with Crippen molar-refractivity contribution in [2.75, 3.05) is 33.2 Å². The Labute approximate surface area is 157 Å². The van der Waals surface area contributed by atoms with Crippen LogP contribution in [0.25, 0.3) is 0 Å². The van der Waals surface area contributed by atoms with E-state index in [0.717, 1.165) is 31.2 Å². The van der Waals surface area contributed by atoms with Crippen molar-refractivity contribution in [3.63, 3.8) is 0 Å². The summed E-state index contributed by atoms with van der Waals surface area (Å²) >= 11 is 0. The van der Waals surface area contributed by atoms with Crippen LogP contribution in [0.15, 0.2) is 27.8 Å². The first-order valence-corrected chi connectivity index (χ1v) is 9.20. The van der Waals surface area contributed by atoms with Gasteiger partial charge in [-0.25, -0.2) is 4.79 Å². The average molecular weight is 367 g/mol. The van der Waals surface area contributed by atoms with Gasteiger partial charge >= 0.3 is 6.09 Å². The van der Waals surface area contributed by atoms with E-state index in [1.165, 1.54) is 0 Å². The lowest BCUT2D eigenvalue weighted by molar-refractivity contribution is 0.0279. The fraction of sp³-hybridized carbons (Fsp3) is 0.684. The van der Waals surface area contributed by atoms with Gasteiger partial charge in [-0.3, -0.25) is 4.99 Å². The van der Waals surface area contributed by atoms with Crippen LogP contribution in [0.1, 0.15) is 40.4 Å². The van der Waals surface area contributed by atoms with Crippen molar-refractivity contribution in [1.29, 1.82) is 0 Å². The molecule has 0 fully saturated rings.